The summed E-state index contributed by atoms with van der Waals surface area (Å²) in [6.07, 6.45) is 0. The molecule has 2 aromatic rings. The average molecular weight is 351 g/mol. The Hall–Kier alpha value is -2.33. The highest BCUT2D eigenvalue weighted by Crippen LogP contribution is 2.40. The maximum Gasteiger partial charge on any atom is 0.272 e. The van der Waals surface area contributed by atoms with E-state index in [-0.39, 0.29) is 17.1 Å². The second-order valence-corrected chi connectivity index (χ2v) is 8.04. The van der Waals surface area contributed by atoms with Gasteiger partial charge in [0.05, 0.1) is 16.2 Å². The lowest BCUT2D eigenvalue weighted by atomic mass is 10.1. The first-order valence-corrected chi connectivity index (χ1v) is 9.20. The van der Waals surface area contributed by atoms with Crippen molar-refractivity contribution in [2.24, 2.45) is 0 Å². The molecule has 3 nitrogen and oxygen atoms in total. The summed E-state index contributed by atoms with van der Waals surface area (Å²) in [7, 11) is 0. The zero-order chi connectivity index (χ0) is 18.1. The molecule has 4 heteroatoms. The SMILES string of the molecule is Cc1ccc(N2C(=O)C(SC(C)C)=C(c3ccccc3)C2=O)cc1C. The molecule has 2 aromatic carbocycles. The number of anilines is 1. The number of rotatable bonds is 4. The molecule has 0 saturated heterocycles. The Morgan fingerprint density at radius 1 is 0.880 bits per heavy atom. The van der Waals surface area contributed by atoms with Crippen LogP contribution in [0.2, 0.25) is 0 Å². The van der Waals surface area contributed by atoms with E-state index < -0.39 is 0 Å². The number of amides is 2. The number of carbonyl (C=O) groups excluding carboxylic acids is 2. The van der Waals surface area contributed by atoms with Crippen molar-refractivity contribution in [3.8, 4) is 0 Å². The number of aryl methyl sites for hydroxylation is 2. The third kappa shape index (κ3) is 3.27. The zero-order valence-corrected chi connectivity index (χ0v) is 15.7. The molecule has 0 saturated carbocycles. The van der Waals surface area contributed by atoms with Crippen LogP contribution in [-0.4, -0.2) is 17.1 Å². The van der Waals surface area contributed by atoms with Crippen LogP contribution in [0.15, 0.2) is 53.4 Å². The Labute approximate surface area is 152 Å². The van der Waals surface area contributed by atoms with Gasteiger partial charge in [-0.3, -0.25) is 9.59 Å². The van der Waals surface area contributed by atoms with Gasteiger partial charge in [0.25, 0.3) is 11.8 Å². The lowest BCUT2D eigenvalue weighted by Crippen LogP contribution is -2.31. The summed E-state index contributed by atoms with van der Waals surface area (Å²) >= 11 is 1.45. The van der Waals surface area contributed by atoms with Crippen LogP contribution >= 0.6 is 11.8 Å². The molecule has 1 aliphatic rings. The predicted molar refractivity (Wildman–Crippen MR) is 104 cm³/mol. The summed E-state index contributed by atoms with van der Waals surface area (Å²) in [5, 5.41) is 0.213. The number of imide groups is 1. The Kier molecular flexibility index (Phi) is 4.82. The number of hydrogen-bond acceptors (Lipinski definition) is 3. The van der Waals surface area contributed by atoms with Gasteiger partial charge in [-0.25, -0.2) is 4.90 Å². The highest BCUT2D eigenvalue weighted by molar-refractivity contribution is 8.04. The maximum atomic E-state index is 13.1. The van der Waals surface area contributed by atoms with E-state index in [4.69, 9.17) is 0 Å². The molecule has 0 bridgehead atoms. The fourth-order valence-electron chi connectivity index (χ4n) is 2.81. The van der Waals surface area contributed by atoms with Crippen molar-refractivity contribution in [1.29, 1.82) is 0 Å². The van der Waals surface area contributed by atoms with Crippen LogP contribution < -0.4 is 4.90 Å². The van der Waals surface area contributed by atoms with Crippen LogP contribution in [-0.2, 0) is 9.59 Å². The average Bonchev–Trinajstić information content (AvgIpc) is 2.81. The monoisotopic (exact) mass is 351 g/mol. The van der Waals surface area contributed by atoms with Gasteiger partial charge in [0.2, 0.25) is 0 Å². The van der Waals surface area contributed by atoms with Crippen LogP contribution in [0.4, 0.5) is 5.69 Å². The molecule has 2 amide bonds. The van der Waals surface area contributed by atoms with Gasteiger partial charge in [-0.1, -0.05) is 50.2 Å². The van der Waals surface area contributed by atoms with Crippen LogP contribution in [0.3, 0.4) is 0 Å². The van der Waals surface area contributed by atoms with Crippen LogP contribution in [0.5, 0.6) is 0 Å². The molecular formula is C21H21NO2S. The van der Waals surface area contributed by atoms with Crippen molar-refractivity contribution in [1.82, 2.24) is 0 Å². The lowest BCUT2D eigenvalue weighted by molar-refractivity contribution is -0.119. The van der Waals surface area contributed by atoms with E-state index >= 15 is 0 Å². The minimum absolute atomic E-state index is 0.213. The van der Waals surface area contributed by atoms with Crippen molar-refractivity contribution >= 4 is 34.8 Å². The quantitative estimate of drug-likeness (QED) is 0.747. The molecule has 0 spiro atoms. The molecule has 0 aliphatic carbocycles. The minimum Gasteiger partial charge on any atom is -0.268 e. The van der Waals surface area contributed by atoms with Gasteiger partial charge in [-0.05, 0) is 42.7 Å². The Balaban J connectivity index is 2.10. The Morgan fingerprint density at radius 3 is 2.16 bits per heavy atom. The molecule has 0 N–H and O–H groups in total. The first kappa shape index (κ1) is 17.5. The molecule has 3 rings (SSSR count). The standard InChI is InChI=1S/C21H21NO2S/c1-13(2)25-19-18(16-8-6-5-7-9-16)20(23)22(21(19)24)17-11-10-14(3)15(4)12-17/h5-13H,1-4H3. The molecule has 0 unspecified atom stereocenters. The van der Waals surface area contributed by atoms with Gasteiger partial charge >= 0.3 is 0 Å². The van der Waals surface area contributed by atoms with Gasteiger partial charge < -0.3 is 0 Å². The second-order valence-electron chi connectivity index (χ2n) is 6.45. The van der Waals surface area contributed by atoms with Crippen molar-refractivity contribution in [3.63, 3.8) is 0 Å². The predicted octanol–water partition coefficient (Wildman–Crippen LogP) is 4.73. The molecule has 0 aromatic heterocycles. The van der Waals surface area contributed by atoms with Gasteiger partial charge in [0.1, 0.15) is 0 Å². The molecule has 1 aliphatic heterocycles. The van der Waals surface area contributed by atoms with Crippen molar-refractivity contribution in [2.75, 3.05) is 4.90 Å². The molecule has 1 heterocycles. The Bertz CT molecular complexity index is 869. The molecule has 0 radical (unpaired) electrons. The summed E-state index contributed by atoms with van der Waals surface area (Å²) in [5.41, 5.74) is 4.11. The summed E-state index contributed by atoms with van der Waals surface area (Å²) in [4.78, 5) is 28.0. The lowest BCUT2D eigenvalue weighted by Gasteiger charge is -2.16. The topological polar surface area (TPSA) is 37.4 Å². The van der Waals surface area contributed by atoms with Gasteiger partial charge in [-0.2, -0.15) is 0 Å². The number of thioether (sulfide) groups is 1. The maximum absolute atomic E-state index is 13.1. The second kappa shape index (κ2) is 6.89. The van der Waals surface area contributed by atoms with Crippen LogP contribution in [0.1, 0.15) is 30.5 Å². The van der Waals surface area contributed by atoms with E-state index in [1.807, 2.05) is 76.2 Å². The van der Waals surface area contributed by atoms with Crippen LogP contribution in [0.25, 0.3) is 5.57 Å². The van der Waals surface area contributed by atoms with Gasteiger partial charge in [0.15, 0.2) is 0 Å². The molecule has 0 atom stereocenters. The smallest absolute Gasteiger partial charge is 0.268 e. The fraction of sp³-hybridized carbons (Fsp3) is 0.238. The third-order valence-electron chi connectivity index (χ3n) is 4.21. The van der Waals surface area contributed by atoms with Crippen molar-refractivity contribution in [2.45, 2.75) is 32.9 Å². The summed E-state index contributed by atoms with van der Waals surface area (Å²) in [6, 6.07) is 15.1. The number of hydrogen-bond donors (Lipinski definition) is 0. The van der Waals surface area contributed by atoms with E-state index in [9.17, 15) is 9.59 Å². The highest BCUT2D eigenvalue weighted by atomic mass is 32.2. The van der Waals surface area contributed by atoms with E-state index in [2.05, 4.69) is 0 Å². The first-order chi connectivity index (χ1) is 11.9. The molecule has 0 fully saturated rings. The van der Waals surface area contributed by atoms with E-state index in [0.29, 0.717) is 16.2 Å². The molecular weight excluding hydrogens is 330 g/mol. The van der Waals surface area contributed by atoms with Crippen LogP contribution in [0, 0.1) is 13.8 Å². The fourth-order valence-corrected chi connectivity index (χ4v) is 3.80. The van der Waals surface area contributed by atoms with Crippen molar-refractivity contribution in [3.05, 3.63) is 70.1 Å². The first-order valence-electron chi connectivity index (χ1n) is 8.32. The van der Waals surface area contributed by atoms with Gasteiger partial charge in [-0.15, -0.1) is 11.8 Å². The summed E-state index contributed by atoms with van der Waals surface area (Å²) in [6.45, 7) is 8.05. The minimum atomic E-state index is -0.248. The Morgan fingerprint density at radius 2 is 1.56 bits per heavy atom. The summed E-state index contributed by atoms with van der Waals surface area (Å²) < 4.78 is 0. The van der Waals surface area contributed by atoms with E-state index in [0.717, 1.165) is 16.7 Å². The van der Waals surface area contributed by atoms with Gasteiger partial charge in [0, 0.05) is 5.25 Å². The normalized spacial score (nSPS) is 14.8. The van der Waals surface area contributed by atoms with E-state index in [1.165, 1.54) is 16.7 Å². The third-order valence-corrected chi connectivity index (χ3v) is 5.29. The number of carbonyl (C=O) groups is 2. The summed E-state index contributed by atoms with van der Waals surface area (Å²) in [5.74, 6) is -0.478. The van der Waals surface area contributed by atoms with Crippen molar-refractivity contribution < 1.29 is 9.59 Å². The highest BCUT2D eigenvalue weighted by Gasteiger charge is 2.40. The number of benzene rings is 2. The molecule has 128 valence electrons. The van der Waals surface area contributed by atoms with E-state index in [1.54, 1.807) is 0 Å². The zero-order valence-electron chi connectivity index (χ0n) is 14.9. The largest absolute Gasteiger partial charge is 0.272 e. The molecule has 25 heavy (non-hydrogen) atoms. The number of nitrogens with zero attached hydrogens (tertiary/aromatic N) is 1.